The molecular weight excluding hydrogens is 282 g/mol. The highest BCUT2D eigenvalue weighted by atomic mass is 32.2. The van der Waals surface area contributed by atoms with Crippen molar-refractivity contribution in [3.8, 4) is 0 Å². The number of hydrogen-bond donors (Lipinski definition) is 3. The number of carboxylic acids is 1. The molecule has 0 aliphatic carbocycles. The van der Waals surface area contributed by atoms with Crippen molar-refractivity contribution in [2.75, 3.05) is 17.3 Å². The Kier molecular flexibility index (Phi) is 6.16. The minimum absolute atomic E-state index is 0.0413. The topological polar surface area (TPSA) is 117 Å². The van der Waals surface area contributed by atoms with Gasteiger partial charge in [-0.05, 0) is 32.3 Å². The summed E-state index contributed by atoms with van der Waals surface area (Å²) >= 11 is 1.51. The molecule has 0 aliphatic rings. The van der Waals surface area contributed by atoms with E-state index in [4.69, 9.17) is 5.11 Å². The Bertz CT molecular complexity index is 497. The predicted molar refractivity (Wildman–Crippen MR) is 75.9 cm³/mol. The Balaban J connectivity index is 2.60. The monoisotopic (exact) mass is 299 g/mol. The summed E-state index contributed by atoms with van der Waals surface area (Å²) in [5.41, 5.74) is 1.31. The van der Waals surface area contributed by atoms with Crippen LogP contribution in [0.25, 0.3) is 0 Å². The van der Waals surface area contributed by atoms with Gasteiger partial charge in [0.25, 0.3) is 5.95 Å². The first-order valence-electron chi connectivity index (χ1n) is 5.91. The molecule has 1 aromatic heterocycles. The average molecular weight is 299 g/mol. The lowest BCUT2D eigenvalue weighted by molar-refractivity contribution is -0.139. The predicted octanol–water partition coefficient (Wildman–Crippen LogP) is 0.816. The number of carboxylic acid groups (broad SMARTS) is 1. The third kappa shape index (κ3) is 5.00. The molecule has 20 heavy (non-hydrogen) atoms. The average Bonchev–Trinajstić information content (AvgIpc) is 2.38. The number of carbonyl (C=O) groups is 2. The molecule has 0 aliphatic heterocycles. The van der Waals surface area contributed by atoms with Crippen molar-refractivity contribution < 1.29 is 14.7 Å². The number of aryl methyl sites for hydroxylation is 2. The molecule has 1 aromatic rings. The van der Waals surface area contributed by atoms with Crippen molar-refractivity contribution in [3.05, 3.63) is 11.4 Å². The Morgan fingerprint density at radius 3 is 2.55 bits per heavy atom. The number of aromatic nitrogens is 3. The number of nitrogens with zero attached hydrogens (tertiary/aromatic N) is 3. The summed E-state index contributed by atoms with van der Waals surface area (Å²) in [7, 11) is 0. The summed E-state index contributed by atoms with van der Waals surface area (Å²) in [5.74, 6) is -0.396. The minimum Gasteiger partial charge on any atom is -0.480 e. The van der Waals surface area contributed by atoms with E-state index in [-0.39, 0.29) is 5.95 Å². The van der Waals surface area contributed by atoms with Gasteiger partial charge in [-0.3, -0.25) is 5.32 Å². The van der Waals surface area contributed by atoms with Gasteiger partial charge in [0.2, 0.25) is 0 Å². The van der Waals surface area contributed by atoms with Crippen molar-refractivity contribution in [2.45, 2.75) is 26.3 Å². The van der Waals surface area contributed by atoms with Gasteiger partial charge in [-0.1, -0.05) is 0 Å². The maximum Gasteiger partial charge on any atom is 0.326 e. The van der Waals surface area contributed by atoms with Crippen LogP contribution < -0.4 is 10.6 Å². The van der Waals surface area contributed by atoms with Gasteiger partial charge in [-0.2, -0.15) is 16.9 Å². The number of amides is 2. The molecule has 0 radical (unpaired) electrons. The number of hydrogen-bond acceptors (Lipinski definition) is 6. The van der Waals surface area contributed by atoms with Crippen molar-refractivity contribution in [1.82, 2.24) is 20.5 Å². The summed E-state index contributed by atoms with van der Waals surface area (Å²) in [6.45, 7) is 3.49. The number of anilines is 1. The first-order chi connectivity index (χ1) is 9.43. The normalized spacial score (nSPS) is 11.8. The molecule has 0 saturated carbocycles. The molecule has 0 aromatic carbocycles. The lowest BCUT2D eigenvalue weighted by Crippen LogP contribution is -2.43. The van der Waals surface area contributed by atoms with Gasteiger partial charge >= 0.3 is 12.0 Å². The molecule has 9 heteroatoms. The molecule has 110 valence electrons. The van der Waals surface area contributed by atoms with Crippen LogP contribution in [-0.2, 0) is 4.79 Å². The van der Waals surface area contributed by atoms with Gasteiger partial charge in [0.1, 0.15) is 6.04 Å². The van der Waals surface area contributed by atoms with Crippen LogP contribution >= 0.6 is 11.8 Å². The van der Waals surface area contributed by atoms with Crippen LogP contribution in [0.2, 0.25) is 0 Å². The zero-order chi connectivity index (χ0) is 15.1. The van der Waals surface area contributed by atoms with Crippen LogP contribution in [0.3, 0.4) is 0 Å². The molecule has 0 fully saturated rings. The number of urea groups is 1. The van der Waals surface area contributed by atoms with E-state index < -0.39 is 18.0 Å². The second-order valence-corrected chi connectivity index (χ2v) is 5.06. The largest absolute Gasteiger partial charge is 0.480 e. The van der Waals surface area contributed by atoms with Crippen molar-refractivity contribution in [3.63, 3.8) is 0 Å². The maximum absolute atomic E-state index is 11.7. The highest BCUT2D eigenvalue weighted by Crippen LogP contribution is 2.03. The second kappa shape index (κ2) is 7.63. The summed E-state index contributed by atoms with van der Waals surface area (Å²) in [6.07, 6.45) is 2.21. The second-order valence-electron chi connectivity index (χ2n) is 4.08. The fourth-order valence-corrected chi connectivity index (χ4v) is 1.77. The van der Waals surface area contributed by atoms with Crippen LogP contribution in [0, 0.1) is 13.8 Å². The van der Waals surface area contributed by atoms with Crippen molar-refractivity contribution in [2.24, 2.45) is 0 Å². The highest BCUT2D eigenvalue weighted by Gasteiger charge is 2.19. The van der Waals surface area contributed by atoms with Crippen LogP contribution in [0.4, 0.5) is 10.7 Å². The molecule has 1 heterocycles. The fourth-order valence-electron chi connectivity index (χ4n) is 1.30. The zero-order valence-electron chi connectivity index (χ0n) is 11.5. The number of thioether (sulfide) groups is 1. The molecule has 3 N–H and O–H groups in total. The first kappa shape index (κ1) is 16.2. The first-order valence-corrected chi connectivity index (χ1v) is 7.30. The molecule has 0 unspecified atom stereocenters. The summed E-state index contributed by atoms with van der Waals surface area (Å²) < 4.78 is 0. The third-order valence-corrected chi connectivity index (χ3v) is 3.18. The standard InChI is InChI=1S/C11H17N5O3S/c1-6-7(2)15-16-10(12-6)14-11(19)13-8(9(17)18)4-5-20-3/h8H,4-5H2,1-3H3,(H,17,18)(H2,12,13,14,16,19)/t8-/m0/s1. The number of rotatable bonds is 6. The van der Waals surface area contributed by atoms with Crippen molar-refractivity contribution >= 4 is 29.7 Å². The fraction of sp³-hybridized carbons (Fsp3) is 0.545. The smallest absolute Gasteiger partial charge is 0.326 e. The Hall–Kier alpha value is -1.90. The molecular formula is C11H17N5O3S. The van der Waals surface area contributed by atoms with Gasteiger partial charge in [0, 0.05) is 0 Å². The number of aliphatic carboxylic acids is 1. The van der Waals surface area contributed by atoms with E-state index in [2.05, 4.69) is 25.8 Å². The van der Waals surface area contributed by atoms with Gasteiger partial charge < -0.3 is 10.4 Å². The highest BCUT2D eigenvalue weighted by molar-refractivity contribution is 7.98. The third-order valence-electron chi connectivity index (χ3n) is 2.53. The SMILES string of the molecule is CSCC[C@H](NC(=O)Nc1nnc(C)c(C)n1)C(=O)O. The van der Waals surface area contributed by atoms with E-state index in [0.717, 1.165) is 0 Å². The molecule has 0 spiro atoms. The van der Waals surface area contributed by atoms with Gasteiger partial charge in [-0.15, -0.1) is 5.10 Å². The molecule has 2 amide bonds. The van der Waals surface area contributed by atoms with Crippen molar-refractivity contribution in [1.29, 1.82) is 0 Å². The van der Waals surface area contributed by atoms with Crippen LogP contribution in [0.1, 0.15) is 17.8 Å². The molecule has 8 nitrogen and oxygen atoms in total. The van der Waals surface area contributed by atoms with Gasteiger partial charge in [0.15, 0.2) is 0 Å². The number of nitrogens with one attached hydrogen (secondary N) is 2. The summed E-state index contributed by atoms with van der Waals surface area (Å²) in [5, 5.41) is 21.3. The summed E-state index contributed by atoms with van der Waals surface area (Å²) in [4.78, 5) is 26.7. The molecule has 0 bridgehead atoms. The lowest BCUT2D eigenvalue weighted by atomic mass is 10.2. The number of carbonyl (C=O) groups excluding carboxylic acids is 1. The van der Waals surface area contributed by atoms with Crippen LogP contribution in [0.15, 0.2) is 0 Å². The van der Waals surface area contributed by atoms with E-state index in [1.807, 2.05) is 6.26 Å². The Morgan fingerprint density at radius 1 is 1.30 bits per heavy atom. The van der Waals surface area contributed by atoms with Gasteiger partial charge in [-0.25, -0.2) is 14.6 Å². The molecule has 1 rings (SSSR count). The van der Waals surface area contributed by atoms with E-state index in [1.54, 1.807) is 13.8 Å². The van der Waals surface area contributed by atoms with E-state index in [0.29, 0.717) is 23.6 Å². The van der Waals surface area contributed by atoms with Crippen LogP contribution in [-0.4, -0.2) is 50.3 Å². The Morgan fingerprint density at radius 2 is 2.00 bits per heavy atom. The molecule has 0 saturated heterocycles. The maximum atomic E-state index is 11.7. The van der Waals surface area contributed by atoms with Crippen LogP contribution in [0.5, 0.6) is 0 Å². The quantitative estimate of drug-likeness (QED) is 0.711. The van der Waals surface area contributed by atoms with E-state index in [1.165, 1.54) is 11.8 Å². The van der Waals surface area contributed by atoms with E-state index in [9.17, 15) is 9.59 Å². The van der Waals surface area contributed by atoms with Gasteiger partial charge in [0.05, 0.1) is 11.4 Å². The zero-order valence-corrected chi connectivity index (χ0v) is 12.3. The van der Waals surface area contributed by atoms with E-state index >= 15 is 0 Å². The summed E-state index contributed by atoms with van der Waals surface area (Å²) in [6, 6.07) is -1.61. The molecule has 1 atom stereocenters. The minimum atomic E-state index is -1.08. The lowest BCUT2D eigenvalue weighted by Gasteiger charge is -2.14. The Labute approximate surface area is 120 Å².